The molecule has 3 atom stereocenters. The molecule has 0 aromatic rings. The summed E-state index contributed by atoms with van der Waals surface area (Å²) in [6.07, 6.45) is 1.03. The highest BCUT2D eigenvalue weighted by atomic mass is 16.5. The topological polar surface area (TPSA) is 61.9 Å². The zero-order valence-electron chi connectivity index (χ0n) is 14.0. The lowest BCUT2D eigenvalue weighted by Gasteiger charge is -2.55. The van der Waals surface area contributed by atoms with Crippen LogP contribution in [0.25, 0.3) is 0 Å². The summed E-state index contributed by atoms with van der Waals surface area (Å²) < 4.78 is 6.00. The van der Waals surface area contributed by atoms with Crippen molar-refractivity contribution in [2.24, 2.45) is 11.8 Å². The van der Waals surface area contributed by atoms with E-state index in [0.29, 0.717) is 32.2 Å². The number of ether oxygens (including phenoxy) is 1. The molecule has 1 spiro atoms. The van der Waals surface area contributed by atoms with Gasteiger partial charge in [0.1, 0.15) is 11.6 Å². The summed E-state index contributed by atoms with van der Waals surface area (Å²) >= 11 is 0. The molecular weight excluding hydrogens is 282 g/mol. The van der Waals surface area contributed by atoms with E-state index in [4.69, 9.17) is 4.74 Å². The van der Waals surface area contributed by atoms with Crippen LogP contribution in [-0.2, 0) is 14.3 Å². The molecule has 3 rings (SSSR count). The van der Waals surface area contributed by atoms with Gasteiger partial charge in [-0.2, -0.15) is 0 Å². The van der Waals surface area contributed by atoms with Crippen molar-refractivity contribution in [3.05, 3.63) is 0 Å². The minimum atomic E-state index is -0.267. The van der Waals surface area contributed by atoms with E-state index in [1.165, 1.54) is 0 Å². The SMILES string of the molecule is CC(C)NC(=O)[C@@H]1COC2(CN(C(=O)[C@H]3C[C@H]3C)C2)CN1C. The van der Waals surface area contributed by atoms with Gasteiger partial charge in [0.15, 0.2) is 0 Å². The standard InChI is InChI=1S/C16H27N3O3/c1-10(2)17-14(20)13-6-22-16(7-18(13)4)8-19(9-16)15(21)12-5-11(12)3/h10-13H,5-9H2,1-4H3,(H,17,20)/t11-,12+,13+/m1/s1. The van der Waals surface area contributed by atoms with E-state index in [0.717, 1.165) is 6.42 Å². The Morgan fingerprint density at radius 1 is 1.27 bits per heavy atom. The number of carbonyl (C=O) groups is 2. The van der Waals surface area contributed by atoms with Gasteiger partial charge in [-0.05, 0) is 33.2 Å². The molecular formula is C16H27N3O3. The lowest BCUT2D eigenvalue weighted by Crippen LogP contribution is -2.73. The van der Waals surface area contributed by atoms with Crippen LogP contribution >= 0.6 is 0 Å². The van der Waals surface area contributed by atoms with E-state index >= 15 is 0 Å². The number of likely N-dealkylation sites (tertiary alicyclic amines) is 1. The van der Waals surface area contributed by atoms with Crippen LogP contribution in [0, 0.1) is 11.8 Å². The maximum absolute atomic E-state index is 12.2. The number of likely N-dealkylation sites (N-methyl/N-ethyl adjacent to an activating group) is 1. The molecule has 0 aromatic heterocycles. The Bertz CT molecular complexity index is 473. The van der Waals surface area contributed by atoms with Crippen molar-refractivity contribution in [3.63, 3.8) is 0 Å². The molecule has 1 N–H and O–H groups in total. The van der Waals surface area contributed by atoms with Crippen LogP contribution in [0.1, 0.15) is 27.2 Å². The number of morpholine rings is 1. The molecule has 2 aliphatic heterocycles. The number of hydrogen-bond acceptors (Lipinski definition) is 4. The molecule has 3 fully saturated rings. The predicted molar refractivity (Wildman–Crippen MR) is 82.2 cm³/mol. The molecule has 6 heteroatoms. The minimum absolute atomic E-state index is 0.0198. The first kappa shape index (κ1) is 15.7. The molecule has 2 heterocycles. The molecule has 1 aliphatic carbocycles. The summed E-state index contributed by atoms with van der Waals surface area (Å²) in [4.78, 5) is 28.3. The number of amides is 2. The second kappa shape index (κ2) is 5.49. The lowest BCUT2D eigenvalue weighted by molar-refractivity contribution is -0.202. The van der Waals surface area contributed by atoms with E-state index in [-0.39, 0.29) is 35.4 Å². The molecule has 1 saturated carbocycles. The fourth-order valence-electron chi connectivity index (χ4n) is 3.55. The van der Waals surface area contributed by atoms with Crippen LogP contribution in [0.2, 0.25) is 0 Å². The average Bonchev–Trinajstić information content (AvgIpc) is 3.11. The number of hydrogen-bond donors (Lipinski definition) is 1. The summed E-state index contributed by atoms with van der Waals surface area (Å²) in [6.45, 7) is 8.47. The van der Waals surface area contributed by atoms with E-state index in [1.807, 2.05) is 25.8 Å². The minimum Gasteiger partial charge on any atom is -0.368 e. The first-order valence-corrected chi connectivity index (χ1v) is 8.25. The molecule has 22 heavy (non-hydrogen) atoms. The third-order valence-corrected chi connectivity index (χ3v) is 5.05. The molecule has 124 valence electrons. The Balaban J connectivity index is 1.51. The second-order valence-corrected chi connectivity index (χ2v) is 7.60. The van der Waals surface area contributed by atoms with Gasteiger partial charge in [0.25, 0.3) is 0 Å². The smallest absolute Gasteiger partial charge is 0.239 e. The van der Waals surface area contributed by atoms with Crippen molar-refractivity contribution < 1.29 is 14.3 Å². The van der Waals surface area contributed by atoms with Gasteiger partial charge in [-0.15, -0.1) is 0 Å². The zero-order chi connectivity index (χ0) is 16.1. The van der Waals surface area contributed by atoms with Gasteiger partial charge < -0.3 is 15.0 Å². The van der Waals surface area contributed by atoms with Crippen LogP contribution in [0.3, 0.4) is 0 Å². The van der Waals surface area contributed by atoms with Crippen molar-refractivity contribution in [3.8, 4) is 0 Å². The molecule has 0 bridgehead atoms. The van der Waals surface area contributed by atoms with Gasteiger partial charge in [-0.1, -0.05) is 6.92 Å². The number of nitrogens with zero attached hydrogens (tertiary/aromatic N) is 2. The third kappa shape index (κ3) is 2.86. The maximum Gasteiger partial charge on any atom is 0.239 e. The van der Waals surface area contributed by atoms with E-state index in [9.17, 15) is 9.59 Å². The molecule has 0 unspecified atom stereocenters. The summed E-state index contributed by atoms with van der Waals surface area (Å²) in [6, 6.07) is -0.102. The first-order chi connectivity index (χ1) is 10.3. The number of rotatable bonds is 3. The maximum atomic E-state index is 12.2. The quantitative estimate of drug-likeness (QED) is 0.802. The summed E-state index contributed by atoms with van der Waals surface area (Å²) in [5, 5.41) is 2.94. The fraction of sp³-hybridized carbons (Fsp3) is 0.875. The Hall–Kier alpha value is -1.14. The van der Waals surface area contributed by atoms with Crippen LogP contribution in [0.5, 0.6) is 0 Å². The predicted octanol–water partition coefficient (Wildman–Crippen LogP) is 0.0786. The second-order valence-electron chi connectivity index (χ2n) is 7.60. The zero-order valence-corrected chi connectivity index (χ0v) is 14.0. The Morgan fingerprint density at radius 3 is 2.41 bits per heavy atom. The van der Waals surface area contributed by atoms with Gasteiger partial charge >= 0.3 is 0 Å². The summed E-state index contributed by atoms with van der Waals surface area (Å²) in [7, 11) is 1.96. The highest BCUT2D eigenvalue weighted by molar-refractivity contribution is 5.83. The van der Waals surface area contributed by atoms with Crippen molar-refractivity contribution in [1.82, 2.24) is 15.1 Å². The van der Waals surface area contributed by atoms with E-state index in [1.54, 1.807) is 0 Å². The van der Waals surface area contributed by atoms with Crippen molar-refractivity contribution in [2.45, 2.75) is 44.9 Å². The molecule has 2 amide bonds. The normalized spacial score (nSPS) is 33.7. The monoisotopic (exact) mass is 309 g/mol. The van der Waals surface area contributed by atoms with Gasteiger partial charge in [0.05, 0.1) is 19.7 Å². The third-order valence-electron chi connectivity index (χ3n) is 5.05. The fourth-order valence-corrected chi connectivity index (χ4v) is 3.55. The van der Waals surface area contributed by atoms with Gasteiger partial charge in [-0.3, -0.25) is 14.5 Å². The van der Waals surface area contributed by atoms with Crippen LogP contribution in [0.15, 0.2) is 0 Å². The Labute approximate surface area is 132 Å². The van der Waals surface area contributed by atoms with Crippen LogP contribution < -0.4 is 5.32 Å². The van der Waals surface area contributed by atoms with Crippen LogP contribution in [-0.4, -0.2) is 72.6 Å². The van der Waals surface area contributed by atoms with Gasteiger partial charge in [-0.25, -0.2) is 0 Å². The van der Waals surface area contributed by atoms with Crippen molar-refractivity contribution >= 4 is 11.8 Å². The largest absolute Gasteiger partial charge is 0.368 e. The average molecular weight is 309 g/mol. The van der Waals surface area contributed by atoms with Crippen molar-refractivity contribution in [1.29, 1.82) is 0 Å². The molecule has 3 aliphatic rings. The molecule has 6 nitrogen and oxygen atoms in total. The molecule has 2 saturated heterocycles. The summed E-state index contributed by atoms with van der Waals surface area (Å²) in [5.41, 5.74) is -0.267. The Kier molecular flexibility index (Phi) is 3.93. The summed E-state index contributed by atoms with van der Waals surface area (Å²) in [5.74, 6) is 1.09. The van der Waals surface area contributed by atoms with E-state index < -0.39 is 0 Å². The lowest BCUT2D eigenvalue weighted by atomic mass is 9.90. The number of carbonyl (C=O) groups excluding carboxylic acids is 2. The van der Waals surface area contributed by atoms with Crippen LogP contribution in [0.4, 0.5) is 0 Å². The van der Waals surface area contributed by atoms with Gasteiger partial charge in [0, 0.05) is 18.5 Å². The van der Waals surface area contributed by atoms with E-state index in [2.05, 4.69) is 17.1 Å². The highest BCUT2D eigenvalue weighted by Gasteiger charge is 2.54. The van der Waals surface area contributed by atoms with Gasteiger partial charge in [0.2, 0.25) is 11.8 Å². The Morgan fingerprint density at radius 2 is 1.91 bits per heavy atom. The molecule has 0 aromatic carbocycles. The van der Waals surface area contributed by atoms with Crippen molar-refractivity contribution in [2.75, 3.05) is 33.3 Å². The first-order valence-electron chi connectivity index (χ1n) is 8.25. The molecule has 0 radical (unpaired) electrons. The highest BCUT2D eigenvalue weighted by Crippen LogP contribution is 2.42. The number of nitrogens with one attached hydrogen (secondary N) is 1.